The SMILES string of the molecule is CC1CCC(C(N)=O)CN1c1ccc(F)cc1C(=O)O. The van der Waals surface area contributed by atoms with Crippen molar-refractivity contribution in [3.63, 3.8) is 0 Å². The van der Waals surface area contributed by atoms with E-state index in [0.717, 1.165) is 12.5 Å². The van der Waals surface area contributed by atoms with Crippen molar-refractivity contribution in [3.8, 4) is 0 Å². The largest absolute Gasteiger partial charge is 0.478 e. The maximum absolute atomic E-state index is 13.2. The van der Waals surface area contributed by atoms with Crippen LogP contribution < -0.4 is 10.6 Å². The Labute approximate surface area is 116 Å². The van der Waals surface area contributed by atoms with E-state index in [-0.39, 0.29) is 23.4 Å². The monoisotopic (exact) mass is 280 g/mol. The van der Waals surface area contributed by atoms with Crippen LogP contribution in [0.25, 0.3) is 0 Å². The Hall–Kier alpha value is -2.11. The summed E-state index contributed by atoms with van der Waals surface area (Å²) < 4.78 is 13.2. The van der Waals surface area contributed by atoms with Crippen LogP contribution in [-0.4, -0.2) is 29.6 Å². The number of anilines is 1. The molecule has 0 spiro atoms. The fraction of sp³-hybridized carbons (Fsp3) is 0.429. The summed E-state index contributed by atoms with van der Waals surface area (Å²) >= 11 is 0. The Morgan fingerprint density at radius 1 is 1.40 bits per heavy atom. The van der Waals surface area contributed by atoms with Crippen LogP contribution in [0.2, 0.25) is 0 Å². The van der Waals surface area contributed by atoms with Crippen molar-refractivity contribution in [2.75, 3.05) is 11.4 Å². The molecule has 2 unspecified atom stereocenters. The molecule has 3 N–H and O–H groups in total. The second kappa shape index (κ2) is 5.48. The number of carboxylic acids is 1. The van der Waals surface area contributed by atoms with Crippen molar-refractivity contribution in [1.29, 1.82) is 0 Å². The topological polar surface area (TPSA) is 83.6 Å². The summed E-state index contributed by atoms with van der Waals surface area (Å²) in [6, 6.07) is 3.74. The molecule has 0 aromatic heterocycles. The van der Waals surface area contributed by atoms with Crippen LogP contribution in [0.1, 0.15) is 30.1 Å². The third-order valence-corrected chi connectivity index (χ3v) is 3.78. The van der Waals surface area contributed by atoms with E-state index in [2.05, 4.69) is 0 Å². The maximum Gasteiger partial charge on any atom is 0.337 e. The van der Waals surface area contributed by atoms with Gasteiger partial charge in [0, 0.05) is 12.6 Å². The smallest absolute Gasteiger partial charge is 0.337 e. The van der Waals surface area contributed by atoms with E-state index in [1.54, 1.807) is 0 Å². The molecule has 1 fully saturated rings. The molecule has 2 atom stereocenters. The van der Waals surface area contributed by atoms with Gasteiger partial charge in [0.05, 0.1) is 17.2 Å². The van der Waals surface area contributed by atoms with Crippen molar-refractivity contribution in [1.82, 2.24) is 0 Å². The maximum atomic E-state index is 13.2. The number of benzene rings is 1. The van der Waals surface area contributed by atoms with Gasteiger partial charge < -0.3 is 15.7 Å². The Balaban J connectivity index is 2.38. The lowest BCUT2D eigenvalue weighted by Gasteiger charge is -2.39. The quantitative estimate of drug-likeness (QED) is 0.881. The Kier molecular flexibility index (Phi) is 3.92. The van der Waals surface area contributed by atoms with Gasteiger partial charge in [0.15, 0.2) is 0 Å². The molecule has 1 heterocycles. The van der Waals surface area contributed by atoms with E-state index < -0.39 is 11.8 Å². The molecule has 20 heavy (non-hydrogen) atoms. The lowest BCUT2D eigenvalue weighted by atomic mass is 9.92. The van der Waals surface area contributed by atoms with Crippen LogP contribution in [-0.2, 0) is 4.79 Å². The van der Waals surface area contributed by atoms with E-state index >= 15 is 0 Å². The molecule has 2 rings (SSSR count). The lowest BCUT2D eigenvalue weighted by Crippen LogP contribution is -2.46. The average Bonchev–Trinajstić information content (AvgIpc) is 2.39. The lowest BCUT2D eigenvalue weighted by molar-refractivity contribution is -0.122. The minimum absolute atomic E-state index is 0.0779. The molecule has 6 heteroatoms. The van der Waals surface area contributed by atoms with Gasteiger partial charge in [-0.2, -0.15) is 0 Å². The molecule has 1 aliphatic rings. The van der Waals surface area contributed by atoms with Gasteiger partial charge in [-0.05, 0) is 38.0 Å². The summed E-state index contributed by atoms with van der Waals surface area (Å²) in [5, 5.41) is 9.20. The average molecular weight is 280 g/mol. The second-order valence-corrected chi connectivity index (χ2v) is 5.14. The summed E-state index contributed by atoms with van der Waals surface area (Å²) in [7, 11) is 0. The Morgan fingerprint density at radius 2 is 2.10 bits per heavy atom. The van der Waals surface area contributed by atoms with Crippen LogP contribution in [0.3, 0.4) is 0 Å². The van der Waals surface area contributed by atoms with Crippen LogP contribution in [0.4, 0.5) is 10.1 Å². The number of piperidine rings is 1. The number of nitrogens with zero attached hydrogens (tertiary/aromatic N) is 1. The number of carboxylic acid groups (broad SMARTS) is 1. The predicted octanol–water partition coefficient (Wildman–Crippen LogP) is 1.61. The molecule has 1 amide bonds. The minimum Gasteiger partial charge on any atom is -0.478 e. The number of aromatic carboxylic acids is 1. The summed E-state index contributed by atoms with van der Waals surface area (Å²) in [4.78, 5) is 24.4. The highest BCUT2D eigenvalue weighted by Gasteiger charge is 2.30. The number of carbonyl (C=O) groups excluding carboxylic acids is 1. The Morgan fingerprint density at radius 3 is 2.70 bits per heavy atom. The zero-order valence-corrected chi connectivity index (χ0v) is 11.2. The second-order valence-electron chi connectivity index (χ2n) is 5.14. The molecule has 108 valence electrons. The van der Waals surface area contributed by atoms with Crippen molar-refractivity contribution >= 4 is 17.6 Å². The number of nitrogens with two attached hydrogens (primary N) is 1. The summed E-state index contributed by atoms with van der Waals surface area (Å²) in [6.07, 6.45) is 1.43. The van der Waals surface area contributed by atoms with Crippen LogP contribution >= 0.6 is 0 Å². The molecular weight excluding hydrogens is 263 g/mol. The molecule has 5 nitrogen and oxygen atoms in total. The fourth-order valence-corrected chi connectivity index (χ4v) is 2.60. The van der Waals surface area contributed by atoms with Crippen molar-refractivity contribution in [2.24, 2.45) is 11.7 Å². The predicted molar refractivity (Wildman–Crippen MR) is 72.1 cm³/mol. The van der Waals surface area contributed by atoms with Gasteiger partial charge in [-0.1, -0.05) is 0 Å². The molecule has 1 saturated heterocycles. The molecule has 1 aliphatic heterocycles. The first-order valence-corrected chi connectivity index (χ1v) is 6.49. The normalized spacial score (nSPS) is 22.6. The highest BCUT2D eigenvalue weighted by atomic mass is 19.1. The van der Waals surface area contributed by atoms with Crippen LogP contribution in [0.5, 0.6) is 0 Å². The van der Waals surface area contributed by atoms with Crippen molar-refractivity contribution in [2.45, 2.75) is 25.8 Å². The van der Waals surface area contributed by atoms with Crippen LogP contribution in [0.15, 0.2) is 18.2 Å². The summed E-state index contributed by atoms with van der Waals surface area (Å²) in [6.45, 7) is 2.31. The number of amides is 1. The van der Waals surface area contributed by atoms with Crippen molar-refractivity contribution in [3.05, 3.63) is 29.6 Å². The first-order valence-electron chi connectivity index (χ1n) is 6.49. The van der Waals surface area contributed by atoms with Gasteiger partial charge in [0.2, 0.25) is 5.91 Å². The summed E-state index contributed by atoms with van der Waals surface area (Å²) in [5.74, 6) is -2.48. The highest BCUT2D eigenvalue weighted by Crippen LogP contribution is 2.30. The summed E-state index contributed by atoms with van der Waals surface area (Å²) in [5.41, 5.74) is 5.67. The third kappa shape index (κ3) is 2.74. The van der Waals surface area contributed by atoms with E-state index in [1.807, 2.05) is 11.8 Å². The molecule has 0 radical (unpaired) electrons. The van der Waals surface area contributed by atoms with Gasteiger partial charge >= 0.3 is 5.97 Å². The molecule has 0 saturated carbocycles. The third-order valence-electron chi connectivity index (χ3n) is 3.78. The van der Waals surface area contributed by atoms with Gasteiger partial charge in [-0.25, -0.2) is 9.18 Å². The van der Waals surface area contributed by atoms with Crippen LogP contribution in [0, 0.1) is 11.7 Å². The van der Waals surface area contributed by atoms with E-state index in [9.17, 15) is 19.1 Å². The number of primary amides is 1. The molecule has 0 bridgehead atoms. The number of halogens is 1. The minimum atomic E-state index is -1.19. The molecule has 0 aliphatic carbocycles. The first-order chi connectivity index (χ1) is 9.40. The number of carbonyl (C=O) groups is 2. The standard InChI is InChI=1S/C14H17FN2O3/c1-8-2-3-9(13(16)18)7-17(8)12-5-4-10(15)6-11(12)14(19)20/h4-6,8-9H,2-3,7H2,1H3,(H2,16,18)(H,19,20). The first kappa shape index (κ1) is 14.3. The number of hydrogen-bond acceptors (Lipinski definition) is 3. The molecule has 1 aromatic rings. The van der Waals surface area contributed by atoms with Gasteiger partial charge in [-0.3, -0.25) is 4.79 Å². The fourth-order valence-electron chi connectivity index (χ4n) is 2.60. The molecular formula is C14H17FN2O3. The van der Waals surface area contributed by atoms with E-state index in [0.29, 0.717) is 18.7 Å². The number of rotatable bonds is 3. The number of hydrogen-bond donors (Lipinski definition) is 2. The zero-order valence-electron chi connectivity index (χ0n) is 11.2. The van der Waals surface area contributed by atoms with Crippen molar-refractivity contribution < 1.29 is 19.1 Å². The molecule has 1 aromatic carbocycles. The van der Waals surface area contributed by atoms with Gasteiger partial charge in [0.1, 0.15) is 5.82 Å². The van der Waals surface area contributed by atoms with E-state index in [4.69, 9.17) is 5.73 Å². The van der Waals surface area contributed by atoms with Gasteiger partial charge in [-0.15, -0.1) is 0 Å². The van der Waals surface area contributed by atoms with E-state index in [1.165, 1.54) is 12.1 Å². The Bertz CT molecular complexity index is 547. The zero-order chi connectivity index (χ0) is 14.9. The van der Waals surface area contributed by atoms with Gasteiger partial charge in [0.25, 0.3) is 0 Å². The highest BCUT2D eigenvalue weighted by molar-refractivity contribution is 5.94.